The number of benzene rings is 1. The van der Waals surface area contributed by atoms with Gasteiger partial charge in [-0.1, -0.05) is 51.1 Å². The summed E-state index contributed by atoms with van der Waals surface area (Å²) in [5, 5.41) is 10.5. The molecule has 1 aromatic rings. The zero-order valence-electron chi connectivity index (χ0n) is 13.0. The summed E-state index contributed by atoms with van der Waals surface area (Å²) in [6.45, 7) is 9.14. The second-order valence-corrected chi connectivity index (χ2v) is 8.07. The maximum absolute atomic E-state index is 10.5. The van der Waals surface area contributed by atoms with Gasteiger partial charge < -0.3 is 5.11 Å². The normalized spacial score (nSPS) is 34.1. The first-order valence-electron chi connectivity index (χ1n) is 7.84. The molecule has 1 aliphatic carbocycles. The van der Waals surface area contributed by atoms with Gasteiger partial charge in [-0.15, -0.1) is 0 Å². The molecule has 110 valence electrons. The molecule has 3 rings (SSSR count). The van der Waals surface area contributed by atoms with E-state index >= 15 is 0 Å². The van der Waals surface area contributed by atoms with Crippen LogP contribution in [0.15, 0.2) is 30.3 Å². The number of hydrogen-bond acceptors (Lipinski definition) is 2. The minimum absolute atomic E-state index is 0.359. The van der Waals surface area contributed by atoms with Crippen LogP contribution in [0.3, 0.4) is 0 Å². The quantitative estimate of drug-likeness (QED) is 0.909. The maximum Gasteiger partial charge on any atom is 0.0917 e. The van der Waals surface area contributed by atoms with E-state index in [0.717, 1.165) is 18.7 Å². The van der Waals surface area contributed by atoms with E-state index in [1.165, 1.54) is 19.3 Å². The number of nitrogens with zero attached hydrogens (tertiary/aromatic N) is 1. The van der Waals surface area contributed by atoms with Crippen molar-refractivity contribution in [2.45, 2.75) is 52.2 Å². The summed E-state index contributed by atoms with van der Waals surface area (Å²) < 4.78 is 0. The number of aliphatic hydroxyl groups is 1. The first-order valence-corrected chi connectivity index (χ1v) is 7.84. The highest BCUT2D eigenvalue weighted by atomic mass is 16.3. The Balaban J connectivity index is 1.70. The molecule has 1 heterocycles. The third kappa shape index (κ3) is 2.77. The van der Waals surface area contributed by atoms with Crippen LogP contribution < -0.4 is 0 Å². The van der Waals surface area contributed by atoms with Gasteiger partial charge in [-0.2, -0.15) is 0 Å². The van der Waals surface area contributed by atoms with Crippen molar-refractivity contribution in [3.63, 3.8) is 0 Å². The Bertz CT molecular complexity index is 470. The maximum atomic E-state index is 10.5. The zero-order chi connectivity index (χ0) is 14.4. The van der Waals surface area contributed by atoms with Crippen molar-refractivity contribution in [1.29, 1.82) is 0 Å². The second-order valence-electron chi connectivity index (χ2n) is 8.07. The third-order valence-corrected chi connectivity index (χ3v) is 5.11. The molecule has 1 N–H and O–H groups in total. The topological polar surface area (TPSA) is 23.5 Å². The summed E-state index contributed by atoms with van der Waals surface area (Å²) in [5.41, 5.74) is 1.94. The smallest absolute Gasteiger partial charge is 0.0917 e. The molecular formula is C18H27NO. The van der Waals surface area contributed by atoms with Gasteiger partial charge in [-0.05, 0) is 35.7 Å². The van der Waals surface area contributed by atoms with Crippen LogP contribution in [0.1, 0.15) is 51.7 Å². The molecule has 2 fully saturated rings. The predicted molar refractivity (Wildman–Crippen MR) is 82.5 cm³/mol. The summed E-state index contributed by atoms with van der Waals surface area (Å²) in [7, 11) is 0. The van der Waals surface area contributed by atoms with Crippen molar-refractivity contribution >= 4 is 0 Å². The van der Waals surface area contributed by atoms with Gasteiger partial charge in [0.25, 0.3) is 0 Å². The highest BCUT2D eigenvalue weighted by molar-refractivity contribution is 5.18. The van der Waals surface area contributed by atoms with E-state index in [4.69, 9.17) is 0 Å². The van der Waals surface area contributed by atoms with Gasteiger partial charge in [0.1, 0.15) is 0 Å². The molecular weight excluding hydrogens is 246 g/mol. The Kier molecular flexibility index (Phi) is 3.42. The van der Waals surface area contributed by atoms with Crippen LogP contribution in [-0.4, -0.2) is 29.1 Å². The number of fused-ring (bicyclic) bond motifs is 2. The van der Waals surface area contributed by atoms with E-state index in [0.29, 0.717) is 16.9 Å². The molecule has 1 saturated carbocycles. The number of rotatable bonds is 3. The minimum atomic E-state index is -0.359. The van der Waals surface area contributed by atoms with Crippen LogP contribution in [-0.2, 0) is 0 Å². The van der Waals surface area contributed by atoms with Crippen LogP contribution in [0, 0.1) is 10.8 Å². The molecule has 0 amide bonds. The van der Waals surface area contributed by atoms with Gasteiger partial charge in [0, 0.05) is 19.1 Å². The van der Waals surface area contributed by atoms with Gasteiger partial charge in [0.05, 0.1) is 6.10 Å². The summed E-state index contributed by atoms with van der Waals surface area (Å²) >= 11 is 0. The third-order valence-electron chi connectivity index (χ3n) is 5.11. The summed E-state index contributed by atoms with van der Waals surface area (Å²) in [6.07, 6.45) is 3.53. The molecule has 2 aliphatic rings. The molecule has 3 atom stereocenters. The van der Waals surface area contributed by atoms with Gasteiger partial charge >= 0.3 is 0 Å². The van der Waals surface area contributed by atoms with Crippen molar-refractivity contribution in [1.82, 2.24) is 4.90 Å². The van der Waals surface area contributed by atoms with E-state index in [2.05, 4.69) is 25.7 Å². The number of aliphatic hydroxyl groups excluding tert-OH is 1. The highest BCUT2D eigenvalue weighted by Crippen LogP contribution is 2.52. The Hall–Kier alpha value is -0.860. The van der Waals surface area contributed by atoms with Gasteiger partial charge in [0.2, 0.25) is 0 Å². The summed E-state index contributed by atoms with van der Waals surface area (Å²) in [4.78, 5) is 2.53. The van der Waals surface area contributed by atoms with Crippen molar-refractivity contribution < 1.29 is 5.11 Å². The Morgan fingerprint density at radius 1 is 1.20 bits per heavy atom. The fourth-order valence-electron chi connectivity index (χ4n) is 4.79. The fourth-order valence-corrected chi connectivity index (χ4v) is 4.79. The predicted octanol–water partition coefficient (Wildman–Crippen LogP) is 3.62. The van der Waals surface area contributed by atoms with Crippen LogP contribution in [0.5, 0.6) is 0 Å². The molecule has 0 unspecified atom stereocenters. The average molecular weight is 273 g/mol. The lowest BCUT2D eigenvalue weighted by molar-refractivity contribution is 0.0921. The van der Waals surface area contributed by atoms with Crippen LogP contribution in [0.25, 0.3) is 0 Å². The Labute approximate surface area is 122 Å². The van der Waals surface area contributed by atoms with Crippen molar-refractivity contribution in [2.75, 3.05) is 13.1 Å². The molecule has 0 aromatic heterocycles. The van der Waals surface area contributed by atoms with Crippen molar-refractivity contribution in [3.05, 3.63) is 35.9 Å². The first-order chi connectivity index (χ1) is 9.37. The van der Waals surface area contributed by atoms with Crippen molar-refractivity contribution in [2.24, 2.45) is 10.8 Å². The van der Waals surface area contributed by atoms with E-state index in [9.17, 15) is 5.11 Å². The zero-order valence-corrected chi connectivity index (χ0v) is 13.0. The van der Waals surface area contributed by atoms with Crippen LogP contribution in [0.2, 0.25) is 0 Å². The lowest BCUT2D eigenvalue weighted by Gasteiger charge is -2.40. The van der Waals surface area contributed by atoms with Gasteiger partial charge in [0.15, 0.2) is 0 Å². The van der Waals surface area contributed by atoms with Crippen molar-refractivity contribution in [3.8, 4) is 0 Å². The van der Waals surface area contributed by atoms with Crippen LogP contribution in [0.4, 0.5) is 0 Å². The Morgan fingerprint density at radius 2 is 1.90 bits per heavy atom. The van der Waals surface area contributed by atoms with E-state index in [1.54, 1.807) is 0 Å². The molecule has 2 nitrogen and oxygen atoms in total. The largest absolute Gasteiger partial charge is 0.387 e. The van der Waals surface area contributed by atoms with Gasteiger partial charge in [-0.25, -0.2) is 0 Å². The monoisotopic (exact) mass is 273 g/mol. The second kappa shape index (κ2) is 4.85. The number of β-amino-alcohol motifs (C(OH)–C–C–N with tert-alkyl or cyclic N) is 1. The molecule has 0 spiro atoms. The van der Waals surface area contributed by atoms with E-state index in [-0.39, 0.29) is 6.10 Å². The molecule has 2 heteroatoms. The van der Waals surface area contributed by atoms with E-state index < -0.39 is 0 Å². The summed E-state index contributed by atoms with van der Waals surface area (Å²) in [5.74, 6) is 0. The molecule has 0 radical (unpaired) electrons. The molecule has 1 aliphatic heterocycles. The summed E-state index contributed by atoms with van der Waals surface area (Å²) in [6, 6.07) is 10.7. The molecule has 1 aromatic carbocycles. The Morgan fingerprint density at radius 3 is 2.60 bits per heavy atom. The average Bonchev–Trinajstić information content (AvgIpc) is 2.59. The van der Waals surface area contributed by atoms with Gasteiger partial charge in [-0.3, -0.25) is 4.90 Å². The fraction of sp³-hybridized carbons (Fsp3) is 0.667. The molecule has 2 bridgehead atoms. The highest BCUT2D eigenvalue weighted by Gasteiger charge is 2.49. The SMILES string of the molecule is CC1(C)C[C@H]2C[C@](C)(CN2C[C@@H](O)c2ccccc2)C1. The standard InChI is InChI=1S/C18H27NO/c1-17(2)9-15-10-18(3,12-17)13-19(15)11-16(20)14-7-5-4-6-8-14/h4-8,15-16,20H,9-13H2,1-3H3/t15-,16+,18-/m0/s1. The van der Waals surface area contributed by atoms with Crippen LogP contribution >= 0.6 is 0 Å². The molecule has 20 heavy (non-hydrogen) atoms. The van der Waals surface area contributed by atoms with E-state index in [1.807, 2.05) is 30.3 Å². The first kappa shape index (κ1) is 14.1. The minimum Gasteiger partial charge on any atom is -0.387 e. The molecule has 1 saturated heterocycles. The lowest BCUT2D eigenvalue weighted by atomic mass is 9.65. The lowest BCUT2D eigenvalue weighted by Crippen LogP contribution is -2.36. The number of hydrogen-bond donors (Lipinski definition) is 1. The number of likely N-dealkylation sites (tertiary alicyclic amines) is 1.